The smallest absolute Gasteiger partial charge is 0.273 e. The number of halogens is 1. The number of rotatable bonds is 5. The lowest BCUT2D eigenvalue weighted by atomic mass is 10.2. The van der Waals surface area contributed by atoms with E-state index in [0.717, 1.165) is 12.1 Å². The molecule has 8 heteroatoms. The molecule has 0 amide bonds. The molecule has 100 valence electrons. The van der Waals surface area contributed by atoms with Gasteiger partial charge in [-0.25, -0.2) is 4.39 Å². The number of nitro groups is 1. The van der Waals surface area contributed by atoms with Gasteiger partial charge in [-0.3, -0.25) is 10.1 Å². The zero-order valence-electron chi connectivity index (χ0n) is 10.1. The molecule has 0 bridgehead atoms. The molecular weight excluding hydrogens is 255 g/mol. The molecule has 0 aliphatic rings. The third kappa shape index (κ3) is 3.10. The van der Waals surface area contributed by atoms with Crippen LogP contribution in [0.3, 0.4) is 0 Å². The first-order valence-corrected chi connectivity index (χ1v) is 5.52. The highest BCUT2D eigenvalue weighted by atomic mass is 19.1. The molecular formula is C11H11FN4O3. The van der Waals surface area contributed by atoms with E-state index in [1.54, 1.807) is 7.05 Å². The van der Waals surface area contributed by atoms with Crippen LogP contribution in [0, 0.1) is 15.9 Å². The van der Waals surface area contributed by atoms with Gasteiger partial charge in [0.05, 0.1) is 11.0 Å². The first-order valence-electron chi connectivity index (χ1n) is 5.52. The second kappa shape index (κ2) is 5.53. The highest BCUT2D eigenvalue weighted by Crippen LogP contribution is 2.24. The second-order valence-electron chi connectivity index (χ2n) is 3.81. The van der Waals surface area contributed by atoms with E-state index in [9.17, 15) is 14.5 Å². The van der Waals surface area contributed by atoms with Crippen LogP contribution in [0.4, 0.5) is 10.1 Å². The zero-order valence-corrected chi connectivity index (χ0v) is 10.1. The van der Waals surface area contributed by atoms with Gasteiger partial charge in [-0.15, -0.1) is 10.2 Å². The van der Waals surface area contributed by atoms with E-state index in [1.165, 1.54) is 6.07 Å². The van der Waals surface area contributed by atoms with Crippen molar-refractivity contribution in [1.29, 1.82) is 0 Å². The number of non-ortho nitro benzene ring substituents is 1. The summed E-state index contributed by atoms with van der Waals surface area (Å²) in [5.74, 6) is -0.274. The summed E-state index contributed by atoms with van der Waals surface area (Å²) in [6.45, 7) is 0.658. The van der Waals surface area contributed by atoms with E-state index < -0.39 is 10.7 Å². The van der Waals surface area contributed by atoms with Crippen molar-refractivity contribution in [2.45, 2.75) is 6.42 Å². The Morgan fingerprint density at radius 2 is 2.21 bits per heavy atom. The third-order valence-corrected chi connectivity index (χ3v) is 2.40. The minimum absolute atomic E-state index is 0.0636. The predicted octanol–water partition coefficient (Wildman–Crippen LogP) is 1.55. The topological polar surface area (TPSA) is 94.1 Å². The number of nitrogens with one attached hydrogen (secondary N) is 1. The molecule has 7 nitrogen and oxygen atoms in total. The van der Waals surface area contributed by atoms with Gasteiger partial charge in [0.1, 0.15) is 5.82 Å². The molecule has 0 saturated heterocycles. The molecule has 1 aromatic heterocycles. The number of nitrogens with zero attached hydrogens (tertiary/aromatic N) is 3. The highest BCUT2D eigenvalue weighted by Gasteiger charge is 2.15. The predicted molar refractivity (Wildman–Crippen MR) is 64.0 cm³/mol. The summed E-state index contributed by atoms with van der Waals surface area (Å²) < 4.78 is 18.6. The summed E-state index contributed by atoms with van der Waals surface area (Å²) in [7, 11) is 1.78. The van der Waals surface area contributed by atoms with Gasteiger partial charge in [0.25, 0.3) is 5.69 Å². The van der Waals surface area contributed by atoms with Crippen molar-refractivity contribution in [3.05, 3.63) is 40.0 Å². The van der Waals surface area contributed by atoms with Crippen LogP contribution in [0.5, 0.6) is 0 Å². The molecule has 2 aromatic rings. The van der Waals surface area contributed by atoms with Gasteiger partial charge in [0.15, 0.2) is 0 Å². The number of nitro benzene ring substituents is 1. The Morgan fingerprint density at radius 1 is 1.42 bits per heavy atom. The highest BCUT2D eigenvalue weighted by molar-refractivity contribution is 5.57. The molecule has 0 atom stereocenters. The number of benzene rings is 1. The van der Waals surface area contributed by atoms with Crippen LogP contribution in [-0.4, -0.2) is 28.7 Å². The molecule has 0 radical (unpaired) electrons. The van der Waals surface area contributed by atoms with Crippen molar-refractivity contribution in [2.75, 3.05) is 13.6 Å². The largest absolute Gasteiger partial charge is 0.421 e. The lowest BCUT2D eigenvalue weighted by Gasteiger charge is -1.97. The monoisotopic (exact) mass is 266 g/mol. The van der Waals surface area contributed by atoms with Gasteiger partial charge in [0, 0.05) is 24.6 Å². The number of hydrogen-bond donors (Lipinski definition) is 1. The van der Waals surface area contributed by atoms with Crippen LogP contribution < -0.4 is 5.32 Å². The first-order chi connectivity index (χ1) is 9.10. The molecule has 0 aliphatic carbocycles. The molecule has 0 aliphatic heterocycles. The fraction of sp³-hybridized carbons (Fsp3) is 0.273. The van der Waals surface area contributed by atoms with Crippen molar-refractivity contribution >= 4 is 5.69 Å². The quantitative estimate of drug-likeness (QED) is 0.651. The zero-order chi connectivity index (χ0) is 13.8. The van der Waals surface area contributed by atoms with E-state index in [0.29, 0.717) is 18.9 Å². The average Bonchev–Trinajstić information content (AvgIpc) is 2.84. The fourth-order valence-corrected chi connectivity index (χ4v) is 1.51. The molecule has 0 fully saturated rings. The van der Waals surface area contributed by atoms with E-state index in [4.69, 9.17) is 4.42 Å². The van der Waals surface area contributed by atoms with Crippen molar-refractivity contribution in [3.63, 3.8) is 0 Å². The SMILES string of the molecule is CNCCc1nnc(-c2cc(F)cc([N+](=O)[O-])c2)o1. The summed E-state index contributed by atoms with van der Waals surface area (Å²) in [6, 6.07) is 3.14. The molecule has 0 spiro atoms. The minimum Gasteiger partial charge on any atom is -0.421 e. The van der Waals surface area contributed by atoms with E-state index in [1.807, 2.05) is 0 Å². The summed E-state index contributed by atoms with van der Waals surface area (Å²) in [6.07, 6.45) is 0.529. The molecule has 0 saturated carbocycles. The van der Waals surface area contributed by atoms with Crippen LogP contribution in [0.2, 0.25) is 0 Å². The van der Waals surface area contributed by atoms with Gasteiger partial charge < -0.3 is 9.73 Å². The average molecular weight is 266 g/mol. The van der Waals surface area contributed by atoms with Crippen molar-refractivity contribution < 1.29 is 13.7 Å². The maximum absolute atomic E-state index is 13.3. The first kappa shape index (κ1) is 13.1. The summed E-state index contributed by atoms with van der Waals surface area (Å²) in [4.78, 5) is 9.97. The van der Waals surface area contributed by atoms with Gasteiger partial charge >= 0.3 is 0 Å². The molecule has 1 N–H and O–H groups in total. The summed E-state index contributed by atoms with van der Waals surface area (Å²) in [5.41, 5.74) is -0.167. The fourth-order valence-electron chi connectivity index (χ4n) is 1.51. The molecule has 2 rings (SSSR count). The van der Waals surface area contributed by atoms with E-state index in [-0.39, 0.29) is 17.1 Å². The second-order valence-corrected chi connectivity index (χ2v) is 3.81. The summed E-state index contributed by atoms with van der Waals surface area (Å²) in [5, 5.41) is 21.1. The third-order valence-electron chi connectivity index (χ3n) is 2.40. The van der Waals surface area contributed by atoms with Gasteiger partial charge in [-0.2, -0.15) is 0 Å². The molecule has 0 unspecified atom stereocenters. The van der Waals surface area contributed by atoms with E-state index >= 15 is 0 Å². The Labute approximate surface area is 107 Å². The number of likely N-dealkylation sites (N-methyl/N-ethyl adjacent to an activating group) is 1. The van der Waals surface area contributed by atoms with Crippen LogP contribution >= 0.6 is 0 Å². The Hall–Kier alpha value is -2.35. The molecule has 1 aromatic carbocycles. The minimum atomic E-state index is -0.723. The Morgan fingerprint density at radius 3 is 2.89 bits per heavy atom. The van der Waals surface area contributed by atoms with Crippen molar-refractivity contribution in [2.24, 2.45) is 0 Å². The lowest BCUT2D eigenvalue weighted by molar-refractivity contribution is -0.385. The standard InChI is InChI=1S/C11H11FN4O3/c1-13-3-2-10-14-15-11(19-10)7-4-8(12)6-9(5-7)16(17)18/h4-6,13H,2-3H2,1H3. The van der Waals surface area contributed by atoms with Crippen molar-refractivity contribution in [3.8, 4) is 11.5 Å². The lowest BCUT2D eigenvalue weighted by Crippen LogP contribution is -2.10. The van der Waals surface area contributed by atoms with Gasteiger partial charge in [-0.05, 0) is 13.1 Å². The molecule has 1 heterocycles. The Kier molecular flexibility index (Phi) is 3.81. The number of aromatic nitrogens is 2. The van der Waals surface area contributed by atoms with Crippen molar-refractivity contribution in [1.82, 2.24) is 15.5 Å². The van der Waals surface area contributed by atoms with E-state index in [2.05, 4.69) is 15.5 Å². The van der Waals surface area contributed by atoms with Gasteiger partial charge in [-0.1, -0.05) is 0 Å². The summed E-state index contributed by atoms with van der Waals surface area (Å²) >= 11 is 0. The normalized spacial score (nSPS) is 10.6. The maximum Gasteiger partial charge on any atom is 0.273 e. The van der Waals surface area contributed by atoms with Crippen LogP contribution in [0.15, 0.2) is 22.6 Å². The van der Waals surface area contributed by atoms with Crippen LogP contribution in [0.25, 0.3) is 11.5 Å². The molecule has 19 heavy (non-hydrogen) atoms. The van der Waals surface area contributed by atoms with Gasteiger partial charge in [0.2, 0.25) is 11.8 Å². The maximum atomic E-state index is 13.3. The number of hydrogen-bond acceptors (Lipinski definition) is 6. The Balaban J connectivity index is 2.30. The van der Waals surface area contributed by atoms with Crippen LogP contribution in [0.1, 0.15) is 5.89 Å². The Bertz CT molecular complexity index is 599. The van der Waals surface area contributed by atoms with Crippen LogP contribution in [-0.2, 0) is 6.42 Å².